The molecule has 3 aromatic rings. The highest BCUT2D eigenvalue weighted by molar-refractivity contribution is 5.93. The number of fused-ring (bicyclic) bond motifs is 1. The zero-order valence-corrected chi connectivity index (χ0v) is 18.1. The lowest BCUT2D eigenvalue weighted by atomic mass is 10.1. The first-order valence-corrected chi connectivity index (χ1v) is 10.8. The minimum absolute atomic E-state index is 0.236. The Labute approximate surface area is 186 Å². The molecule has 1 aliphatic heterocycles. The molecule has 168 valence electrons. The second kappa shape index (κ2) is 10.6. The number of aryl methyl sites for hydroxylation is 1. The van der Waals surface area contributed by atoms with E-state index in [1.54, 1.807) is 18.5 Å². The molecule has 0 bridgehead atoms. The van der Waals surface area contributed by atoms with Crippen molar-refractivity contribution < 1.29 is 13.9 Å². The van der Waals surface area contributed by atoms with Crippen molar-refractivity contribution >= 4 is 11.6 Å². The van der Waals surface area contributed by atoms with Gasteiger partial charge in [-0.1, -0.05) is 12.1 Å². The van der Waals surface area contributed by atoms with Crippen molar-refractivity contribution in [1.82, 2.24) is 20.1 Å². The molecule has 0 unspecified atom stereocenters. The SMILES string of the molecule is CCn1cnnc1CN=C(NCCc1cccc(F)c1)Nc1ccc2c(c1)OCCCO2. The summed E-state index contributed by atoms with van der Waals surface area (Å²) in [7, 11) is 0. The fourth-order valence-electron chi connectivity index (χ4n) is 3.35. The number of nitrogens with zero attached hydrogens (tertiary/aromatic N) is 4. The third-order valence-electron chi connectivity index (χ3n) is 5.02. The van der Waals surface area contributed by atoms with E-state index in [-0.39, 0.29) is 5.82 Å². The van der Waals surface area contributed by atoms with Crippen LogP contribution in [-0.4, -0.2) is 40.5 Å². The van der Waals surface area contributed by atoms with Gasteiger partial charge in [-0.3, -0.25) is 0 Å². The summed E-state index contributed by atoms with van der Waals surface area (Å²) in [6.07, 6.45) is 3.20. The average Bonchev–Trinajstić information content (AvgIpc) is 3.13. The van der Waals surface area contributed by atoms with Crippen molar-refractivity contribution in [2.75, 3.05) is 25.1 Å². The molecule has 4 rings (SSSR count). The van der Waals surface area contributed by atoms with Gasteiger partial charge in [0.1, 0.15) is 18.7 Å². The van der Waals surface area contributed by atoms with E-state index in [1.807, 2.05) is 35.8 Å². The lowest BCUT2D eigenvalue weighted by Crippen LogP contribution is -2.32. The van der Waals surface area contributed by atoms with Crippen LogP contribution in [-0.2, 0) is 19.5 Å². The number of hydrogen-bond acceptors (Lipinski definition) is 5. The molecule has 0 amide bonds. The lowest BCUT2D eigenvalue weighted by molar-refractivity contribution is 0.297. The molecule has 1 aromatic heterocycles. The van der Waals surface area contributed by atoms with Crippen molar-refractivity contribution in [3.05, 3.63) is 66.0 Å². The summed E-state index contributed by atoms with van der Waals surface area (Å²) in [6.45, 7) is 5.02. The van der Waals surface area contributed by atoms with Crippen LogP contribution in [0.25, 0.3) is 0 Å². The Morgan fingerprint density at radius 2 is 2.03 bits per heavy atom. The smallest absolute Gasteiger partial charge is 0.196 e. The standard InChI is InChI=1S/C23H27FN6O2/c1-2-30-16-27-29-22(30)15-26-23(25-10-9-17-5-3-6-18(24)13-17)28-19-7-8-20-21(14-19)32-12-4-11-31-20/h3,5-8,13-14,16H,2,4,9-12,15H2,1H3,(H2,25,26,28). The zero-order chi connectivity index (χ0) is 22.2. The number of nitrogens with one attached hydrogen (secondary N) is 2. The van der Waals surface area contributed by atoms with Crippen LogP contribution in [0.3, 0.4) is 0 Å². The van der Waals surface area contributed by atoms with Gasteiger partial charge in [0.05, 0.1) is 13.2 Å². The fraction of sp³-hybridized carbons (Fsp3) is 0.348. The molecule has 2 N–H and O–H groups in total. The van der Waals surface area contributed by atoms with Gasteiger partial charge in [0.25, 0.3) is 0 Å². The first-order valence-electron chi connectivity index (χ1n) is 10.8. The third-order valence-corrected chi connectivity index (χ3v) is 5.02. The van der Waals surface area contributed by atoms with Gasteiger partial charge >= 0.3 is 0 Å². The summed E-state index contributed by atoms with van der Waals surface area (Å²) >= 11 is 0. The second-order valence-corrected chi connectivity index (χ2v) is 7.34. The highest BCUT2D eigenvalue weighted by Crippen LogP contribution is 2.32. The molecule has 8 nitrogen and oxygen atoms in total. The van der Waals surface area contributed by atoms with Gasteiger partial charge in [-0.25, -0.2) is 9.38 Å². The first kappa shape index (κ1) is 21.6. The Kier molecular flexibility index (Phi) is 7.16. The molecule has 32 heavy (non-hydrogen) atoms. The zero-order valence-electron chi connectivity index (χ0n) is 18.1. The normalized spacial score (nSPS) is 13.5. The predicted octanol–water partition coefficient (Wildman–Crippen LogP) is 3.40. The number of aliphatic imine (C=N–C) groups is 1. The Balaban J connectivity index is 1.47. The number of rotatable bonds is 7. The van der Waals surface area contributed by atoms with Crippen LogP contribution in [0.5, 0.6) is 11.5 Å². The summed E-state index contributed by atoms with van der Waals surface area (Å²) < 4.78 is 26.9. The molecule has 0 fully saturated rings. The van der Waals surface area contributed by atoms with E-state index in [9.17, 15) is 4.39 Å². The Hall–Kier alpha value is -3.62. The monoisotopic (exact) mass is 438 g/mol. The maximum absolute atomic E-state index is 13.5. The van der Waals surface area contributed by atoms with Gasteiger partial charge in [-0.2, -0.15) is 0 Å². The van der Waals surface area contributed by atoms with Crippen molar-refractivity contribution in [3.8, 4) is 11.5 Å². The van der Waals surface area contributed by atoms with Crippen LogP contribution in [0.4, 0.5) is 10.1 Å². The third kappa shape index (κ3) is 5.75. The molecule has 0 saturated heterocycles. The number of guanidine groups is 1. The maximum Gasteiger partial charge on any atom is 0.196 e. The second-order valence-electron chi connectivity index (χ2n) is 7.34. The molecular formula is C23H27FN6O2. The predicted molar refractivity (Wildman–Crippen MR) is 121 cm³/mol. The summed E-state index contributed by atoms with van der Waals surface area (Å²) in [4.78, 5) is 4.67. The van der Waals surface area contributed by atoms with E-state index in [4.69, 9.17) is 9.47 Å². The van der Waals surface area contributed by atoms with Crippen molar-refractivity contribution in [2.45, 2.75) is 32.9 Å². The van der Waals surface area contributed by atoms with Crippen LogP contribution in [0.15, 0.2) is 53.8 Å². The summed E-state index contributed by atoms with van der Waals surface area (Å²) in [5.41, 5.74) is 1.74. The van der Waals surface area contributed by atoms with E-state index in [2.05, 4.69) is 25.8 Å². The highest BCUT2D eigenvalue weighted by atomic mass is 19.1. The van der Waals surface area contributed by atoms with Crippen LogP contribution in [0.2, 0.25) is 0 Å². The Bertz CT molecular complexity index is 1070. The number of aromatic nitrogens is 3. The van der Waals surface area contributed by atoms with Gasteiger partial charge < -0.3 is 24.7 Å². The summed E-state index contributed by atoms with van der Waals surface area (Å²) in [6, 6.07) is 12.3. The van der Waals surface area contributed by atoms with E-state index in [0.29, 0.717) is 44.4 Å². The number of hydrogen-bond donors (Lipinski definition) is 2. The van der Waals surface area contributed by atoms with Crippen LogP contribution >= 0.6 is 0 Å². The molecular weight excluding hydrogens is 411 g/mol. The molecule has 0 spiro atoms. The number of benzene rings is 2. The van der Waals surface area contributed by atoms with Gasteiger partial charge in [-0.05, 0) is 43.2 Å². The quantitative estimate of drug-likeness (QED) is 0.434. The Morgan fingerprint density at radius 1 is 1.16 bits per heavy atom. The molecule has 2 aromatic carbocycles. The minimum Gasteiger partial charge on any atom is -0.490 e. The van der Waals surface area contributed by atoms with Crippen molar-refractivity contribution in [3.63, 3.8) is 0 Å². The largest absolute Gasteiger partial charge is 0.490 e. The Morgan fingerprint density at radius 3 is 2.88 bits per heavy atom. The highest BCUT2D eigenvalue weighted by Gasteiger charge is 2.12. The van der Waals surface area contributed by atoms with E-state index in [0.717, 1.165) is 35.8 Å². The molecule has 1 aliphatic rings. The van der Waals surface area contributed by atoms with Gasteiger partial charge in [0.2, 0.25) is 0 Å². The van der Waals surface area contributed by atoms with Crippen LogP contribution in [0.1, 0.15) is 24.7 Å². The topological polar surface area (TPSA) is 85.6 Å². The van der Waals surface area contributed by atoms with Gasteiger partial charge in [-0.15, -0.1) is 10.2 Å². The summed E-state index contributed by atoms with van der Waals surface area (Å²) in [5, 5.41) is 14.7. The molecule has 0 aliphatic carbocycles. The summed E-state index contributed by atoms with van der Waals surface area (Å²) in [5.74, 6) is 2.57. The molecule has 0 radical (unpaired) electrons. The van der Waals surface area contributed by atoms with Crippen LogP contribution in [0, 0.1) is 5.82 Å². The van der Waals surface area contributed by atoms with Crippen LogP contribution < -0.4 is 20.1 Å². The minimum atomic E-state index is -0.236. The van der Waals surface area contributed by atoms with E-state index >= 15 is 0 Å². The fourth-order valence-corrected chi connectivity index (χ4v) is 3.35. The van der Waals surface area contributed by atoms with Crippen molar-refractivity contribution in [2.24, 2.45) is 4.99 Å². The maximum atomic E-state index is 13.5. The van der Waals surface area contributed by atoms with Gasteiger partial charge in [0, 0.05) is 31.3 Å². The van der Waals surface area contributed by atoms with Gasteiger partial charge in [0.15, 0.2) is 23.3 Å². The van der Waals surface area contributed by atoms with E-state index in [1.165, 1.54) is 6.07 Å². The number of ether oxygens (including phenoxy) is 2. The average molecular weight is 439 g/mol. The number of anilines is 1. The number of halogens is 1. The van der Waals surface area contributed by atoms with Crippen molar-refractivity contribution in [1.29, 1.82) is 0 Å². The molecule has 0 atom stereocenters. The lowest BCUT2D eigenvalue weighted by Gasteiger charge is -2.15. The first-order chi connectivity index (χ1) is 15.7. The molecule has 9 heteroatoms. The molecule has 2 heterocycles. The van der Waals surface area contributed by atoms with E-state index < -0.39 is 0 Å². The molecule has 0 saturated carbocycles.